The first-order chi connectivity index (χ1) is 13.7. The minimum Gasteiger partial charge on any atom is -0.378 e. The van der Waals surface area contributed by atoms with Gasteiger partial charge in [0.2, 0.25) is 17.8 Å². The number of hydrogen-bond donors (Lipinski definition) is 1. The van der Waals surface area contributed by atoms with E-state index in [1.54, 1.807) is 0 Å². The summed E-state index contributed by atoms with van der Waals surface area (Å²) < 4.78 is 5.38. The van der Waals surface area contributed by atoms with Gasteiger partial charge in [-0.1, -0.05) is 18.2 Å². The number of nitrogens with one attached hydrogen (secondary N) is 1. The summed E-state index contributed by atoms with van der Waals surface area (Å²) in [6, 6.07) is 9.24. The van der Waals surface area contributed by atoms with Gasteiger partial charge in [0.1, 0.15) is 12.2 Å². The predicted octanol–water partition coefficient (Wildman–Crippen LogP) is 1.45. The molecule has 5 rings (SSSR count). The van der Waals surface area contributed by atoms with Gasteiger partial charge in [-0.3, -0.25) is 14.5 Å². The number of rotatable bonds is 2. The molecule has 142 valence electrons. The van der Waals surface area contributed by atoms with Gasteiger partial charge in [-0.2, -0.15) is 9.97 Å². The number of anilines is 3. The fourth-order valence-electron chi connectivity index (χ4n) is 3.67. The van der Waals surface area contributed by atoms with Gasteiger partial charge in [0.25, 0.3) is 0 Å². The summed E-state index contributed by atoms with van der Waals surface area (Å²) >= 11 is 0. The molecule has 0 aliphatic carbocycles. The Morgan fingerprint density at radius 3 is 2.64 bits per heavy atom. The average Bonchev–Trinajstić information content (AvgIpc) is 2.87. The smallest absolute Gasteiger partial charge is 0.240 e. The average molecular weight is 378 g/mol. The van der Waals surface area contributed by atoms with Crippen LogP contribution in [0, 0.1) is 0 Å². The molecular weight excluding hydrogens is 360 g/mol. The van der Waals surface area contributed by atoms with Crippen LogP contribution in [0.4, 0.5) is 23.3 Å². The van der Waals surface area contributed by atoms with Crippen molar-refractivity contribution >= 4 is 41.4 Å². The Bertz CT molecular complexity index is 971. The molecule has 3 aliphatic rings. The Labute approximate surface area is 161 Å². The summed E-state index contributed by atoms with van der Waals surface area (Å²) in [5, 5.41) is 2.79. The number of ether oxygens (including phenoxy) is 1. The first kappa shape index (κ1) is 16.8. The number of nitrogens with zero attached hydrogens (tertiary/aromatic N) is 5. The maximum absolute atomic E-state index is 13.2. The van der Waals surface area contributed by atoms with E-state index in [9.17, 15) is 9.59 Å². The molecule has 0 saturated carbocycles. The van der Waals surface area contributed by atoms with Crippen molar-refractivity contribution in [1.29, 1.82) is 0 Å². The number of benzene rings is 1. The fourth-order valence-corrected chi connectivity index (χ4v) is 3.67. The van der Waals surface area contributed by atoms with Crippen LogP contribution in [0.3, 0.4) is 0 Å². The Hall–Kier alpha value is -3.33. The highest BCUT2D eigenvalue weighted by Gasteiger charge is 2.39. The van der Waals surface area contributed by atoms with Crippen molar-refractivity contribution in [3.05, 3.63) is 35.9 Å². The summed E-state index contributed by atoms with van der Waals surface area (Å²) in [7, 11) is 0. The third-order valence-electron chi connectivity index (χ3n) is 5.07. The summed E-state index contributed by atoms with van der Waals surface area (Å²) in [6.45, 7) is 2.51. The number of carbonyl (C=O) groups excluding carboxylic acids is 2. The van der Waals surface area contributed by atoms with Crippen LogP contribution in [0.5, 0.6) is 0 Å². The largest absolute Gasteiger partial charge is 0.378 e. The molecule has 1 aromatic heterocycles. The second-order valence-corrected chi connectivity index (χ2v) is 6.80. The Balaban J connectivity index is 1.62. The van der Waals surface area contributed by atoms with Crippen molar-refractivity contribution < 1.29 is 14.3 Å². The van der Waals surface area contributed by atoms with Crippen molar-refractivity contribution in [3.8, 4) is 0 Å². The molecule has 1 fully saturated rings. The van der Waals surface area contributed by atoms with Crippen LogP contribution in [0.1, 0.15) is 17.9 Å². The summed E-state index contributed by atoms with van der Waals surface area (Å²) in [6.07, 6.45) is 1.53. The molecule has 28 heavy (non-hydrogen) atoms. The number of carbonyl (C=O) groups is 2. The predicted molar refractivity (Wildman–Crippen MR) is 103 cm³/mol. The van der Waals surface area contributed by atoms with Crippen LogP contribution >= 0.6 is 0 Å². The molecule has 9 heteroatoms. The van der Waals surface area contributed by atoms with Gasteiger partial charge >= 0.3 is 0 Å². The van der Waals surface area contributed by atoms with Crippen molar-refractivity contribution in [2.75, 3.05) is 41.4 Å². The van der Waals surface area contributed by atoms with Crippen LogP contribution in [-0.4, -0.2) is 54.4 Å². The normalized spacial score (nSPS) is 21.2. The van der Waals surface area contributed by atoms with Crippen molar-refractivity contribution in [1.82, 2.24) is 9.97 Å². The fraction of sp³-hybridized carbons (Fsp3) is 0.316. The molecule has 1 N–H and O–H groups in total. The topological polar surface area (TPSA) is 100 Å². The molecular formula is C19H18N6O3. The second-order valence-electron chi connectivity index (χ2n) is 6.80. The van der Waals surface area contributed by atoms with E-state index in [2.05, 4.69) is 20.3 Å². The summed E-state index contributed by atoms with van der Waals surface area (Å²) in [5.74, 6) is 0.151. The van der Waals surface area contributed by atoms with Crippen LogP contribution in [0.25, 0.3) is 0 Å². The molecule has 9 nitrogen and oxygen atoms in total. The van der Waals surface area contributed by atoms with Gasteiger partial charge in [0, 0.05) is 25.2 Å². The van der Waals surface area contributed by atoms with Crippen molar-refractivity contribution in [2.24, 2.45) is 4.99 Å². The molecule has 3 aliphatic heterocycles. The van der Waals surface area contributed by atoms with Gasteiger partial charge < -0.3 is 15.0 Å². The number of aromatic nitrogens is 2. The standard InChI is InChI=1S/C19H18N6O3/c26-14-10-13-15-16(20-11-25(18(13)27)12-4-2-1-3-5-12)22-19(23-17(15)21-14)24-6-8-28-9-7-24/h1-5,11,13H,6-10H2,(H,21,22,23,26). The molecule has 0 radical (unpaired) electrons. The zero-order chi connectivity index (χ0) is 19.1. The third kappa shape index (κ3) is 2.80. The number of para-hydroxylation sites is 1. The lowest BCUT2D eigenvalue weighted by molar-refractivity contribution is -0.123. The first-order valence-electron chi connectivity index (χ1n) is 9.17. The number of amides is 2. The number of aliphatic imine (C=N–C) groups is 1. The number of morpholine rings is 1. The highest BCUT2D eigenvalue weighted by molar-refractivity contribution is 6.16. The minimum atomic E-state index is -0.666. The summed E-state index contributed by atoms with van der Waals surface area (Å²) in [5.41, 5.74) is 1.27. The van der Waals surface area contributed by atoms with Crippen molar-refractivity contribution in [3.63, 3.8) is 0 Å². The molecule has 1 atom stereocenters. The van der Waals surface area contributed by atoms with Gasteiger partial charge in [0.05, 0.1) is 24.7 Å². The van der Waals surface area contributed by atoms with Crippen LogP contribution < -0.4 is 15.1 Å². The second kappa shape index (κ2) is 6.68. The van der Waals surface area contributed by atoms with Gasteiger partial charge in [0.15, 0.2) is 5.82 Å². The van der Waals surface area contributed by atoms with E-state index in [1.807, 2.05) is 35.2 Å². The maximum atomic E-state index is 13.2. The first-order valence-corrected chi connectivity index (χ1v) is 9.17. The quantitative estimate of drug-likeness (QED) is 0.849. The molecule has 4 heterocycles. The number of hydrogen-bond acceptors (Lipinski definition) is 7. The van der Waals surface area contributed by atoms with E-state index >= 15 is 0 Å². The van der Waals surface area contributed by atoms with Crippen LogP contribution in [0.2, 0.25) is 0 Å². The van der Waals surface area contributed by atoms with E-state index in [4.69, 9.17) is 4.74 Å². The lowest BCUT2D eigenvalue weighted by Gasteiger charge is -2.30. The van der Waals surface area contributed by atoms with Gasteiger partial charge in [-0.05, 0) is 12.1 Å². The molecule has 0 bridgehead atoms. The Kier molecular flexibility index (Phi) is 4.01. The minimum absolute atomic E-state index is 0.0474. The zero-order valence-corrected chi connectivity index (χ0v) is 15.0. The van der Waals surface area contributed by atoms with Crippen LogP contribution in [-0.2, 0) is 14.3 Å². The van der Waals surface area contributed by atoms with Crippen LogP contribution in [0.15, 0.2) is 35.3 Å². The molecule has 2 aromatic rings. The third-order valence-corrected chi connectivity index (χ3v) is 5.07. The highest BCUT2D eigenvalue weighted by atomic mass is 16.5. The summed E-state index contributed by atoms with van der Waals surface area (Å²) in [4.78, 5) is 42.6. The van der Waals surface area contributed by atoms with Gasteiger partial charge in [-0.25, -0.2) is 4.99 Å². The lowest BCUT2D eigenvalue weighted by Crippen LogP contribution is -2.39. The van der Waals surface area contributed by atoms with Gasteiger partial charge in [-0.15, -0.1) is 0 Å². The molecule has 1 aromatic carbocycles. The van der Waals surface area contributed by atoms with E-state index in [0.29, 0.717) is 55.1 Å². The van der Waals surface area contributed by atoms with E-state index in [-0.39, 0.29) is 18.2 Å². The SMILES string of the molecule is O=C1CC2C(=O)N(c3ccccc3)C=Nc3nc(N4CCOCC4)nc(c32)N1. The molecule has 0 spiro atoms. The Morgan fingerprint density at radius 1 is 1.07 bits per heavy atom. The highest BCUT2D eigenvalue weighted by Crippen LogP contribution is 2.41. The molecule has 1 saturated heterocycles. The lowest BCUT2D eigenvalue weighted by atomic mass is 9.91. The van der Waals surface area contributed by atoms with E-state index in [1.165, 1.54) is 11.2 Å². The van der Waals surface area contributed by atoms with Crippen molar-refractivity contribution in [2.45, 2.75) is 12.3 Å². The monoisotopic (exact) mass is 378 g/mol. The maximum Gasteiger partial charge on any atom is 0.240 e. The molecule has 2 amide bonds. The zero-order valence-electron chi connectivity index (χ0n) is 15.0. The van der Waals surface area contributed by atoms with E-state index in [0.717, 1.165) is 0 Å². The van der Waals surface area contributed by atoms with E-state index < -0.39 is 5.92 Å². The molecule has 1 unspecified atom stereocenters. The Morgan fingerprint density at radius 2 is 1.86 bits per heavy atom.